The van der Waals surface area contributed by atoms with Crippen molar-refractivity contribution in [3.8, 4) is 5.75 Å². The van der Waals surface area contributed by atoms with E-state index in [0.29, 0.717) is 43.2 Å². The van der Waals surface area contributed by atoms with Gasteiger partial charge in [-0.1, -0.05) is 23.7 Å². The van der Waals surface area contributed by atoms with Gasteiger partial charge in [0.1, 0.15) is 5.75 Å². The van der Waals surface area contributed by atoms with Crippen LogP contribution in [0.1, 0.15) is 60.0 Å². The fraction of sp³-hybridized carbons (Fsp3) is 0.500. The number of likely N-dealkylation sites (tertiary alicyclic amines) is 2. The van der Waals surface area contributed by atoms with Crippen LogP contribution in [0.2, 0.25) is 5.02 Å². The fourth-order valence-electron chi connectivity index (χ4n) is 5.30. The number of piperidine rings is 2. The van der Waals surface area contributed by atoms with Crippen LogP contribution in [0.15, 0.2) is 42.5 Å². The second-order valence-electron chi connectivity index (χ2n) is 10.2. The summed E-state index contributed by atoms with van der Waals surface area (Å²) in [6, 6.07) is 10.2. The van der Waals surface area contributed by atoms with Gasteiger partial charge in [0.15, 0.2) is 0 Å². The summed E-state index contributed by atoms with van der Waals surface area (Å²) in [5.41, 5.74) is -1.19. The molecule has 0 radical (unpaired) electrons. The normalized spacial score (nSPS) is 20.6. The molecule has 0 saturated carbocycles. The third-order valence-corrected chi connectivity index (χ3v) is 7.74. The van der Waals surface area contributed by atoms with E-state index >= 15 is 0 Å². The van der Waals surface area contributed by atoms with Crippen molar-refractivity contribution in [3.63, 3.8) is 0 Å². The molecule has 9 heteroatoms. The average Bonchev–Trinajstić information content (AvgIpc) is 2.89. The van der Waals surface area contributed by atoms with Crippen molar-refractivity contribution in [1.29, 1.82) is 0 Å². The van der Waals surface area contributed by atoms with Gasteiger partial charge in [-0.3, -0.25) is 9.59 Å². The molecule has 2 aromatic carbocycles. The van der Waals surface area contributed by atoms with E-state index in [4.69, 9.17) is 16.3 Å². The first kappa shape index (κ1) is 27.3. The molecule has 2 fully saturated rings. The second-order valence-corrected chi connectivity index (χ2v) is 10.6. The van der Waals surface area contributed by atoms with E-state index in [0.717, 1.165) is 30.9 Å². The van der Waals surface area contributed by atoms with E-state index in [9.17, 15) is 22.8 Å². The number of alkyl halides is 3. The maximum Gasteiger partial charge on any atom is 0.417 e. The first-order valence-corrected chi connectivity index (χ1v) is 13.1. The molecule has 2 aromatic rings. The highest BCUT2D eigenvalue weighted by Crippen LogP contribution is 2.38. The van der Waals surface area contributed by atoms with Crippen molar-refractivity contribution >= 4 is 23.4 Å². The van der Waals surface area contributed by atoms with Crippen LogP contribution in [0.25, 0.3) is 0 Å². The number of aryl methyl sites for hydroxylation is 1. The standard InChI is InChI=1S/C28H32ClF3N2O3/c1-20-16-21(10-11-24(20)29)37-19-27(17-25(35)33-13-5-2-6-14-33)12-7-15-34(18-27)26(36)22-8-3-4-9-23(22)28(30,31)32/h3-4,8-11,16H,2,5-7,12-15,17-19H2,1H3/t27-/m0/s1. The molecule has 5 nitrogen and oxygen atoms in total. The summed E-state index contributed by atoms with van der Waals surface area (Å²) in [5, 5.41) is 0.611. The van der Waals surface area contributed by atoms with Gasteiger partial charge in [-0.05, 0) is 74.9 Å². The van der Waals surface area contributed by atoms with E-state index in [1.807, 2.05) is 17.9 Å². The van der Waals surface area contributed by atoms with E-state index in [-0.39, 0.29) is 31.0 Å². The lowest BCUT2D eigenvalue weighted by Gasteiger charge is -2.43. The number of ether oxygens (including phenoxy) is 1. The zero-order valence-corrected chi connectivity index (χ0v) is 21.7. The second kappa shape index (κ2) is 11.3. The topological polar surface area (TPSA) is 49.9 Å². The Morgan fingerprint density at radius 1 is 1.00 bits per heavy atom. The number of amides is 2. The molecule has 4 rings (SSSR count). The SMILES string of the molecule is Cc1cc(OC[C@]2(CC(=O)N3CCCCC3)CCCN(C(=O)c3ccccc3C(F)(F)F)C2)ccc1Cl. The Kier molecular flexibility index (Phi) is 8.36. The van der Waals surface area contributed by atoms with Crippen molar-refractivity contribution < 1.29 is 27.5 Å². The number of hydrogen-bond donors (Lipinski definition) is 0. The molecule has 200 valence electrons. The molecule has 37 heavy (non-hydrogen) atoms. The summed E-state index contributed by atoms with van der Waals surface area (Å²) in [4.78, 5) is 30.0. The minimum absolute atomic E-state index is 0.000535. The minimum atomic E-state index is -4.64. The number of nitrogens with zero attached hydrogens (tertiary/aromatic N) is 2. The Labute approximate surface area is 220 Å². The third kappa shape index (κ3) is 6.58. The van der Waals surface area contributed by atoms with E-state index in [1.165, 1.54) is 23.1 Å². The molecule has 0 aliphatic carbocycles. The van der Waals surface area contributed by atoms with Gasteiger partial charge in [0.2, 0.25) is 5.91 Å². The molecule has 2 heterocycles. The van der Waals surface area contributed by atoms with Gasteiger partial charge < -0.3 is 14.5 Å². The molecular weight excluding hydrogens is 505 g/mol. The molecular formula is C28H32ClF3N2O3. The number of halogens is 4. The Morgan fingerprint density at radius 3 is 2.41 bits per heavy atom. The maximum atomic E-state index is 13.6. The largest absolute Gasteiger partial charge is 0.493 e. The van der Waals surface area contributed by atoms with E-state index in [2.05, 4.69) is 0 Å². The van der Waals surface area contributed by atoms with Gasteiger partial charge in [0.25, 0.3) is 5.91 Å². The van der Waals surface area contributed by atoms with Gasteiger partial charge in [0, 0.05) is 43.0 Å². The number of hydrogen-bond acceptors (Lipinski definition) is 3. The van der Waals surface area contributed by atoms with Crippen molar-refractivity contribution in [3.05, 3.63) is 64.2 Å². The van der Waals surface area contributed by atoms with Crippen LogP contribution < -0.4 is 4.74 Å². The monoisotopic (exact) mass is 536 g/mol. The lowest BCUT2D eigenvalue weighted by Crippen LogP contribution is -2.51. The quantitative estimate of drug-likeness (QED) is 0.431. The molecule has 0 N–H and O–H groups in total. The van der Waals surface area contributed by atoms with Crippen molar-refractivity contribution in [2.45, 2.75) is 51.6 Å². The molecule has 0 bridgehead atoms. The van der Waals surface area contributed by atoms with Crippen molar-refractivity contribution in [2.75, 3.05) is 32.8 Å². The van der Waals surface area contributed by atoms with E-state index < -0.39 is 23.1 Å². The van der Waals surface area contributed by atoms with Crippen LogP contribution in [-0.2, 0) is 11.0 Å². The maximum absolute atomic E-state index is 13.6. The predicted octanol–water partition coefficient (Wildman–Crippen LogP) is 6.37. The summed E-state index contributed by atoms with van der Waals surface area (Å²) in [6.45, 7) is 3.90. The molecule has 2 amide bonds. The van der Waals surface area contributed by atoms with Crippen LogP contribution >= 0.6 is 11.6 Å². The zero-order valence-electron chi connectivity index (χ0n) is 21.0. The lowest BCUT2D eigenvalue weighted by molar-refractivity contribution is -0.138. The summed E-state index contributed by atoms with van der Waals surface area (Å²) < 4.78 is 47.0. The smallest absolute Gasteiger partial charge is 0.417 e. The van der Waals surface area contributed by atoms with Crippen LogP contribution in [0.4, 0.5) is 13.2 Å². The highest BCUT2D eigenvalue weighted by molar-refractivity contribution is 6.31. The summed E-state index contributed by atoms with van der Waals surface area (Å²) >= 11 is 6.14. The number of carbonyl (C=O) groups is 2. The summed E-state index contributed by atoms with van der Waals surface area (Å²) in [7, 11) is 0. The van der Waals surface area contributed by atoms with Gasteiger partial charge in [-0.2, -0.15) is 13.2 Å². The third-order valence-electron chi connectivity index (χ3n) is 7.32. The Balaban J connectivity index is 1.59. The Bertz CT molecular complexity index is 1130. The molecule has 0 unspecified atom stereocenters. The first-order valence-electron chi connectivity index (χ1n) is 12.7. The van der Waals surface area contributed by atoms with Crippen molar-refractivity contribution in [2.24, 2.45) is 5.41 Å². The first-order chi connectivity index (χ1) is 17.6. The highest BCUT2D eigenvalue weighted by atomic mass is 35.5. The minimum Gasteiger partial charge on any atom is -0.493 e. The van der Waals surface area contributed by atoms with Crippen LogP contribution in [0.5, 0.6) is 5.75 Å². The van der Waals surface area contributed by atoms with Gasteiger partial charge in [0.05, 0.1) is 17.7 Å². The van der Waals surface area contributed by atoms with Gasteiger partial charge >= 0.3 is 6.18 Å². The lowest BCUT2D eigenvalue weighted by atomic mass is 9.77. The average molecular weight is 537 g/mol. The Hall–Kier alpha value is -2.74. The number of benzene rings is 2. The van der Waals surface area contributed by atoms with E-state index in [1.54, 1.807) is 12.1 Å². The predicted molar refractivity (Wildman–Crippen MR) is 136 cm³/mol. The zero-order chi connectivity index (χ0) is 26.6. The molecule has 0 aromatic heterocycles. The molecule has 1 atom stereocenters. The van der Waals surface area contributed by atoms with Gasteiger partial charge in [-0.15, -0.1) is 0 Å². The molecule has 2 aliphatic rings. The highest BCUT2D eigenvalue weighted by Gasteiger charge is 2.43. The Morgan fingerprint density at radius 2 is 1.70 bits per heavy atom. The number of rotatable bonds is 6. The van der Waals surface area contributed by atoms with Crippen LogP contribution in [0.3, 0.4) is 0 Å². The van der Waals surface area contributed by atoms with Crippen LogP contribution in [0, 0.1) is 12.3 Å². The molecule has 2 saturated heterocycles. The summed E-state index contributed by atoms with van der Waals surface area (Å²) in [6.07, 6.45) is -0.270. The summed E-state index contributed by atoms with van der Waals surface area (Å²) in [5.74, 6) is -0.0806. The number of carbonyl (C=O) groups excluding carboxylic acids is 2. The molecule has 0 spiro atoms. The van der Waals surface area contributed by atoms with Crippen molar-refractivity contribution in [1.82, 2.24) is 9.80 Å². The fourth-order valence-corrected chi connectivity index (χ4v) is 5.42. The molecule has 2 aliphatic heterocycles. The van der Waals surface area contributed by atoms with Gasteiger partial charge in [-0.25, -0.2) is 0 Å². The van der Waals surface area contributed by atoms with Crippen LogP contribution in [-0.4, -0.2) is 54.4 Å².